The number of benzene rings is 1. The van der Waals surface area contributed by atoms with Crippen LogP contribution in [0.4, 0.5) is 5.69 Å². The average Bonchev–Trinajstić information content (AvgIpc) is 2.86. The van der Waals surface area contributed by atoms with Gasteiger partial charge in [0.15, 0.2) is 5.76 Å². The molecule has 2 aromatic rings. The van der Waals surface area contributed by atoms with Gasteiger partial charge in [-0.05, 0) is 43.7 Å². The zero-order valence-electron chi connectivity index (χ0n) is 10.4. The van der Waals surface area contributed by atoms with Crippen molar-refractivity contribution in [3.8, 4) is 5.75 Å². The molecule has 0 saturated heterocycles. The first-order valence-corrected chi connectivity index (χ1v) is 5.79. The number of amides is 1. The maximum absolute atomic E-state index is 11.9. The largest absolute Gasteiger partial charge is 0.492 e. The van der Waals surface area contributed by atoms with Crippen molar-refractivity contribution < 1.29 is 13.9 Å². The maximum atomic E-state index is 11.9. The lowest BCUT2D eigenvalue weighted by molar-refractivity contribution is 0.0996. The highest BCUT2D eigenvalue weighted by atomic mass is 16.5. The summed E-state index contributed by atoms with van der Waals surface area (Å²) in [6.45, 7) is 4.42. The van der Waals surface area contributed by atoms with Crippen LogP contribution in [0.3, 0.4) is 0 Å². The van der Waals surface area contributed by atoms with Gasteiger partial charge in [-0.1, -0.05) is 6.07 Å². The van der Waals surface area contributed by atoms with Crippen LogP contribution in [0.15, 0.2) is 41.0 Å². The molecule has 1 aromatic carbocycles. The van der Waals surface area contributed by atoms with Crippen LogP contribution in [0.2, 0.25) is 0 Å². The van der Waals surface area contributed by atoms with E-state index in [2.05, 4.69) is 5.32 Å². The van der Waals surface area contributed by atoms with E-state index in [0.29, 0.717) is 18.0 Å². The quantitative estimate of drug-likeness (QED) is 0.899. The normalized spacial score (nSPS) is 10.1. The van der Waals surface area contributed by atoms with Gasteiger partial charge in [-0.25, -0.2) is 0 Å². The number of hydrogen-bond donors (Lipinski definition) is 1. The maximum Gasteiger partial charge on any atom is 0.291 e. The van der Waals surface area contributed by atoms with E-state index in [1.807, 2.05) is 32.0 Å². The molecule has 0 aliphatic heterocycles. The van der Waals surface area contributed by atoms with E-state index >= 15 is 0 Å². The Morgan fingerprint density at radius 3 is 2.89 bits per heavy atom. The number of hydrogen-bond acceptors (Lipinski definition) is 3. The van der Waals surface area contributed by atoms with E-state index in [1.54, 1.807) is 12.1 Å². The summed E-state index contributed by atoms with van der Waals surface area (Å²) < 4.78 is 10.5. The molecule has 1 aromatic heterocycles. The van der Waals surface area contributed by atoms with Gasteiger partial charge >= 0.3 is 0 Å². The van der Waals surface area contributed by atoms with Gasteiger partial charge in [-0.2, -0.15) is 0 Å². The molecule has 0 aliphatic carbocycles. The second kappa shape index (κ2) is 5.40. The van der Waals surface area contributed by atoms with Gasteiger partial charge in [0.2, 0.25) is 0 Å². The van der Waals surface area contributed by atoms with Crippen molar-refractivity contribution in [1.29, 1.82) is 0 Å². The SMILES string of the molecule is CCOc1cc(C)ccc1NC(=O)c1ccco1. The molecule has 0 unspecified atom stereocenters. The van der Waals surface area contributed by atoms with E-state index in [1.165, 1.54) is 6.26 Å². The van der Waals surface area contributed by atoms with Gasteiger partial charge in [0, 0.05) is 0 Å². The third-order valence-electron chi connectivity index (χ3n) is 2.43. The molecule has 0 bridgehead atoms. The molecule has 2 rings (SSSR count). The lowest BCUT2D eigenvalue weighted by Gasteiger charge is -2.11. The molecule has 0 saturated carbocycles. The van der Waals surface area contributed by atoms with Crippen molar-refractivity contribution in [3.05, 3.63) is 47.9 Å². The minimum Gasteiger partial charge on any atom is -0.492 e. The summed E-state index contributed by atoms with van der Waals surface area (Å²) in [6, 6.07) is 8.92. The summed E-state index contributed by atoms with van der Waals surface area (Å²) in [4.78, 5) is 11.9. The first kappa shape index (κ1) is 12.2. The van der Waals surface area contributed by atoms with E-state index in [-0.39, 0.29) is 11.7 Å². The smallest absolute Gasteiger partial charge is 0.291 e. The number of carbonyl (C=O) groups excluding carboxylic acids is 1. The summed E-state index contributed by atoms with van der Waals surface area (Å²) in [5, 5.41) is 2.77. The zero-order valence-corrected chi connectivity index (χ0v) is 10.4. The molecular formula is C14H15NO3. The Kier molecular flexibility index (Phi) is 3.67. The van der Waals surface area contributed by atoms with Crippen LogP contribution in [-0.2, 0) is 0 Å². The number of carbonyl (C=O) groups is 1. The fourth-order valence-electron chi connectivity index (χ4n) is 1.60. The summed E-state index contributed by atoms with van der Waals surface area (Å²) in [5.74, 6) is 0.653. The highest BCUT2D eigenvalue weighted by Gasteiger charge is 2.11. The van der Waals surface area contributed by atoms with E-state index in [9.17, 15) is 4.79 Å². The van der Waals surface area contributed by atoms with Gasteiger partial charge in [-0.15, -0.1) is 0 Å². The van der Waals surface area contributed by atoms with Crippen molar-refractivity contribution in [2.75, 3.05) is 11.9 Å². The second-order valence-electron chi connectivity index (χ2n) is 3.86. The Morgan fingerprint density at radius 1 is 1.39 bits per heavy atom. The summed E-state index contributed by atoms with van der Waals surface area (Å²) in [6.07, 6.45) is 1.47. The standard InChI is InChI=1S/C14H15NO3/c1-3-17-13-9-10(2)6-7-11(13)15-14(16)12-5-4-8-18-12/h4-9H,3H2,1-2H3,(H,15,16). The van der Waals surface area contributed by atoms with Crippen LogP contribution in [-0.4, -0.2) is 12.5 Å². The summed E-state index contributed by atoms with van der Waals surface area (Å²) in [7, 11) is 0. The molecule has 18 heavy (non-hydrogen) atoms. The number of anilines is 1. The molecule has 4 nitrogen and oxygen atoms in total. The Labute approximate surface area is 106 Å². The van der Waals surface area contributed by atoms with Crippen molar-refractivity contribution >= 4 is 11.6 Å². The minimum atomic E-state index is -0.287. The highest BCUT2D eigenvalue weighted by molar-refractivity contribution is 6.03. The first-order valence-electron chi connectivity index (χ1n) is 5.79. The molecule has 0 aliphatic rings. The number of aryl methyl sites for hydroxylation is 1. The second-order valence-corrected chi connectivity index (χ2v) is 3.86. The Bertz CT molecular complexity index is 532. The van der Waals surface area contributed by atoms with Gasteiger partial charge in [0.05, 0.1) is 18.6 Å². The Hall–Kier alpha value is -2.23. The molecular weight excluding hydrogens is 230 g/mol. The predicted octanol–water partition coefficient (Wildman–Crippen LogP) is 3.24. The van der Waals surface area contributed by atoms with E-state index in [4.69, 9.17) is 9.15 Å². The molecule has 1 heterocycles. The third kappa shape index (κ3) is 2.71. The van der Waals surface area contributed by atoms with Crippen molar-refractivity contribution in [2.45, 2.75) is 13.8 Å². The van der Waals surface area contributed by atoms with Crippen LogP contribution < -0.4 is 10.1 Å². The van der Waals surface area contributed by atoms with E-state index < -0.39 is 0 Å². The molecule has 0 radical (unpaired) electrons. The fraction of sp³-hybridized carbons (Fsp3) is 0.214. The van der Waals surface area contributed by atoms with Crippen molar-refractivity contribution in [1.82, 2.24) is 0 Å². The zero-order chi connectivity index (χ0) is 13.0. The molecule has 1 N–H and O–H groups in total. The Morgan fingerprint density at radius 2 is 2.22 bits per heavy atom. The molecule has 0 spiro atoms. The molecule has 0 fully saturated rings. The number of furan rings is 1. The summed E-state index contributed by atoms with van der Waals surface area (Å²) >= 11 is 0. The lowest BCUT2D eigenvalue weighted by Crippen LogP contribution is -2.12. The number of nitrogens with one attached hydrogen (secondary N) is 1. The lowest BCUT2D eigenvalue weighted by atomic mass is 10.2. The van der Waals surface area contributed by atoms with Crippen LogP contribution >= 0.6 is 0 Å². The van der Waals surface area contributed by atoms with Crippen molar-refractivity contribution in [3.63, 3.8) is 0 Å². The topological polar surface area (TPSA) is 51.5 Å². The average molecular weight is 245 g/mol. The van der Waals surface area contributed by atoms with Crippen molar-refractivity contribution in [2.24, 2.45) is 0 Å². The number of rotatable bonds is 4. The van der Waals surface area contributed by atoms with Crippen LogP contribution in [0.1, 0.15) is 23.0 Å². The van der Waals surface area contributed by atoms with Gasteiger partial charge in [0.25, 0.3) is 5.91 Å². The Balaban J connectivity index is 2.20. The molecule has 4 heteroatoms. The highest BCUT2D eigenvalue weighted by Crippen LogP contribution is 2.26. The fourth-order valence-corrected chi connectivity index (χ4v) is 1.60. The predicted molar refractivity (Wildman–Crippen MR) is 69.0 cm³/mol. The van der Waals surface area contributed by atoms with E-state index in [0.717, 1.165) is 5.56 Å². The minimum absolute atomic E-state index is 0.276. The van der Waals surface area contributed by atoms with Gasteiger partial charge in [-0.3, -0.25) is 4.79 Å². The molecule has 1 amide bonds. The molecule has 94 valence electrons. The number of ether oxygens (including phenoxy) is 1. The monoisotopic (exact) mass is 245 g/mol. The van der Waals surface area contributed by atoms with Gasteiger partial charge < -0.3 is 14.5 Å². The first-order chi connectivity index (χ1) is 8.70. The van der Waals surface area contributed by atoms with Gasteiger partial charge in [0.1, 0.15) is 5.75 Å². The van der Waals surface area contributed by atoms with Crippen LogP contribution in [0.25, 0.3) is 0 Å². The van der Waals surface area contributed by atoms with Crippen LogP contribution in [0, 0.1) is 6.92 Å². The summed E-state index contributed by atoms with van der Waals surface area (Å²) in [5.41, 5.74) is 1.72. The van der Waals surface area contributed by atoms with Crippen LogP contribution in [0.5, 0.6) is 5.75 Å². The molecule has 0 atom stereocenters. The third-order valence-corrected chi connectivity index (χ3v) is 2.43.